The fraction of sp³-hybridized carbons (Fsp3) is 0.667. The van der Waals surface area contributed by atoms with E-state index < -0.39 is 0 Å². The molecule has 0 aliphatic carbocycles. The molecule has 0 amide bonds. The first-order valence-corrected chi connectivity index (χ1v) is 10.2. The number of hydrogen-bond acceptors (Lipinski definition) is 3. The highest BCUT2D eigenvalue weighted by molar-refractivity contribution is 7.26. The zero-order chi connectivity index (χ0) is 14.9. The van der Waals surface area contributed by atoms with Gasteiger partial charge in [-0.3, -0.25) is 0 Å². The minimum absolute atomic E-state index is 0.551. The summed E-state index contributed by atoms with van der Waals surface area (Å²) in [7, 11) is 2.10. The monoisotopic (exact) mass is 323 g/mol. The maximum absolute atomic E-state index is 3.50. The summed E-state index contributed by atoms with van der Waals surface area (Å²) < 4.78 is 2.90. The molecule has 2 aromatic rings. The van der Waals surface area contributed by atoms with Crippen LogP contribution in [0.4, 0.5) is 0 Å². The standard InChI is InChI=1S/C18H29NS2/c1-3-4-5-6-7-8-9-10-11-15(19-2)17-14-18-16(21-17)12-13-20-18/h12-15,19H,3-11H2,1-2H3. The van der Waals surface area contributed by atoms with E-state index in [9.17, 15) is 0 Å². The van der Waals surface area contributed by atoms with Gasteiger partial charge in [-0.05, 0) is 31.0 Å². The van der Waals surface area contributed by atoms with Crippen LogP contribution in [0.1, 0.15) is 75.6 Å². The lowest BCUT2D eigenvalue weighted by atomic mass is 10.0. The molecular weight excluding hydrogens is 294 g/mol. The van der Waals surface area contributed by atoms with Crippen molar-refractivity contribution in [3.63, 3.8) is 0 Å². The van der Waals surface area contributed by atoms with E-state index >= 15 is 0 Å². The lowest BCUT2D eigenvalue weighted by Crippen LogP contribution is -2.14. The predicted molar refractivity (Wildman–Crippen MR) is 98.7 cm³/mol. The number of rotatable bonds is 11. The van der Waals surface area contributed by atoms with Crippen molar-refractivity contribution in [2.45, 2.75) is 70.8 Å². The quantitative estimate of drug-likeness (QED) is 0.451. The molecule has 0 spiro atoms. The molecule has 2 rings (SSSR count). The Kier molecular flexibility index (Phi) is 7.76. The van der Waals surface area contributed by atoms with Crippen LogP contribution in [-0.4, -0.2) is 7.05 Å². The van der Waals surface area contributed by atoms with Crippen LogP contribution in [0.3, 0.4) is 0 Å². The van der Waals surface area contributed by atoms with E-state index in [1.165, 1.54) is 72.1 Å². The third-order valence-electron chi connectivity index (χ3n) is 4.20. The van der Waals surface area contributed by atoms with Crippen LogP contribution >= 0.6 is 22.7 Å². The van der Waals surface area contributed by atoms with E-state index in [0.717, 1.165) is 0 Å². The normalized spacial score (nSPS) is 13.0. The van der Waals surface area contributed by atoms with Crippen molar-refractivity contribution in [2.75, 3.05) is 7.05 Å². The van der Waals surface area contributed by atoms with Gasteiger partial charge < -0.3 is 5.32 Å². The van der Waals surface area contributed by atoms with Crippen LogP contribution in [0.15, 0.2) is 17.5 Å². The van der Waals surface area contributed by atoms with Gasteiger partial charge in [0.05, 0.1) is 0 Å². The molecule has 21 heavy (non-hydrogen) atoms. The molecule has 0 fully saturated rings. The summed E-state index contributed by atoms with van der Waals surface area (Å²) >= 11 is 3.82. The first kappa shape index (κ1) is 17.0. The maximum atomic E-state index is 3.50. The minimum atomic E-state index is 0.551. The fourth-order valence-corrected chi connectivity index (χ4v) is 5.13. The number of hydrogen-bond donors (Lipinski definition) is 1. The summed E-state index contributed by atoms with van der Waals surface area (Å²) in [6, 6.07) is 5.18. The van der Waals surface area contributed by atoms with E-state index in [0.29, 0.717) is 6.04 Å². The molecule has 0 bridgehead atoms. The second kappa shape index (κ2) is 9.60. The first-order valence-electron chi connectivity index (χ1n) is 8.49. The van der Waals surface area contributed by atoms with Gasteiger partial charge in [0.25, 0.3) is 0 Å². The highest BCUT2D eigenvalue weighted by Crippen LogP contribution is 2.34. The Morgan fingerprint density at radius 3 is 2.38 bits per heavy atom. The molecule has 0 radical (unpaired) electrons. The van der Waals surface area contributed by atoms with Crippen molar-refractivity contribution in [1.29, 1.82) is 0 Å². The fourth-order valence-electron chi connectivity index (χ4n) is 2.87. The van der Waals surface area contributed by atoms with Gasteiger partial charge in [0.2, 0.25) is 0 Å². The Labute approximate surface area is 137 Å². The smallest absolute Gasteiger partial charge is 0.0454 e. The second-order valence-electron chi connectivity index (χ2n) is 5.90. The molecule has 1 unspecified atom stereocenters. The number of fused-ring (bicyclic) bond motifs is 1. The molecule has 1 nitrogen and oxygen atoms in total. The molecule has 118 valence electrons. The van der Waals surface area contributed by atoms with E-state index in [4.69, 9.17) is 0 Å². The summed E-state index contributed by atoms with van der Waals surface area (Å²) in [5.41, 5.74) is 0. The third kappa shape index (κ3) is 5.39. The lowest BCUT2D eigenvalue weighted by Gasteiger charge is -2.14. The Bertz CT molecular complexity index is 472. The number of thiophene rings is 2. The largest absolute Gasteiger partial charge is 0.312 e. The summed E-state index contributed by atoms with van der Waals surface area (Å²) in [5, 5.41) is 5.70. The highest BCUT2D eigenvalue weighted by atomic mass is 32.1. The average molecular weight is 324 g/mol. The lowest BCUT2D eigenvalue weighted by molar-refractivity contribution is 0.499. The molecule has 0 aliphatic rings. The molecule has 3 heteroatoms. The van der Waals surface area contributed by atoms with Crippen molar-refractivity contribution >= 4 is 32.1 Å². The van der Waals surface area contributed by atoms with Gasteiger partial charge >= 0.3 is 0 Å². The summed E-state index contributed by atoms with van der Waals surface area (Å²) in [4.78, 5) is 1.52. The summed E-state index contributed by atoms with van der Waals surface area (Å²) in [6.07, 6.45) is 12.5. The Morgan fingerprint density at radius 1 is 1.00 bits per heavy atom. The van der Waals surface area contributed by atoms with Crippen LogP contribution < -0.4 is 5.32 Å². The van der Waals surface area contributed by atoms with E-state index in [1.807, 2.05) is 22.7 Å². The van der Waals surface area contributed by atoms with Gasteiger partial charge in [-0.25, -0.2) is 0 Å². The Hall–Kier alpha value is -0.380. The maximum Gasteiger partial charge on any atom is 0.0454 e. The second-order valence-corrected chi connectivity index (χ2v) is 7.97. The number of nitrogens with one attached hydrogen (secondary N) is 1. The minimum Gasteiger partial charge on any atom is -0.312 e. The molecule has 0 aromatic carbocycles. The summed E-state index contributed by atoms with van der Waals surface area (Å²) in [6.45, 7) is 2.28. The zero-order valence-electron chi connectivity index (χ0n) is 13.5. The highest BCUT2D eigenvalue weighted by Gasteiger charge is 2.12. The van der Waals surface area contributed by atoms with Gasteiger partial charge in [-0.1, -0.05) is 58.3 Å². The number of unbranched alkanes of at least 4 members (excludes halogenated alkanes) is 7. The van der Waals surface area contributed by atoms with Crippen LogP contribution in [0.5, 0.6) is 0 Å². The molecule has 0 saturated carbocycles. The third-order valence-corrected chi connectivity index (χ3v) is 6.40. The van der Waals surface area contributed by atoms with Gasteiger partial charge in [0.15, 0.2) is 0 Å². The summed E-state index contributed by atoms with van der Waals surface area (Å²) in [5.74, 6) is 0. The molecular formula is C18H29NS2. The van der Waals surface area contributed by atoms with Crippen molar-refractivity contribution in [1.82, 2.24) is 5.32 Å². The van der Waals surface area contributed by atoms with Crippen LogP contribution in [0.2, 0.25) is 0 Å². The van der Waals surface area contributed by atoms with Crippen molar-refractivity contribution in [3.05, 3.63) is 22.4 Å². The SMILES string of the molecule is CCCCCCCCCCC(NC)c1cc2sccc2s1. The van der Waals surface area contributed by atoms with Gasteiger partial charge in [-0.2, -0.15) is 0 Å². The molecule has 1 N–H and O–H groups in total. The van der Waals surface area contributed by atoms with E-state index in [2.05, 4.69) is 36.8 Å². The van der Waals surface area contributed by atoms with E-state index in [-0.39, 0.29) is 0 Å². The molecule has 1 atom stereocenters. The van der Waals surface area contributed by atoms with Crippen molar-refractivity contribution < 1.29 is 0 Å². The molecule has 0 aliphatic heterocycles. The zero-order valence-corrected chi connectivity index (χ0v) is 15.1. The van der Waals surface area contributed by atoms with E-state index in [1.54, 1.807) is 0 Å². The van der Waals surface area contributed by atoms with Gasteiger partial charge in [-0.15, -0.1) is 22.7 Å². The first-order chi connectivity index (χ1) is 10.3. The van der Waals surface area contributed by atoms with Crippen LogP contribution in [-0.2, 0) is 0 Å². The van der Waals surface area contributed by atoms with Crippen LogP contribution in [0, 0.1) is 0 Å². The van der Waals surface area contributed by atoms with Crippen molar-refractivity contribution in [2.24, 2.45) is 0 Å². The molecule has 0 saturated heterocycles. The Balaban J connectivity index is 1.65. The predicted octanol–water partition coefficient (Wildman–Crippen LogP) is 6.75. The van der Waals surface area contributed by atoms with Crippen molar-refractivity contribution in [3.8, 4) is 0 Å². The molecule has 2 heterocycles. The Morgan fingerprint density at radius 2 is 1.71 bits per heavy atom. The average Bonchev–Trinajstić information content (AvgIpc) is 3.07. The topological polar surface area (TPSA) is 12.0 Å². The van der Waals surface area contributed by atoms with Gasteiger partial charge in [0, 0.05) is 20.3 Å². The van der Waals surface area contributed by atoms with Crippen LogP contribution in [0.25, 0.3) is 9.40 Å². The molecule has 2 aromatic heterocycles. The van der Waals surface area contributed by atoms with Gasteiger partial charge in [0.1, 0.15) is 0 Å².